The molecule has 4 nitrogen and oxygen atoms in total. The van der Waals surface area contributed by atoms with E-state index in [0.717, 1.165) is 17.5 Å². The highest BCUT2D eigenvalue weighted by molar-refractivity contribution is 6.31. The summed E-state index contributed by atoms with van der Waals surface area (Å²) in [5.41, 5.74) is 1.94. The Morgan fingerprint density at radius 1 is 1.04 bits per heavy atom. The number of carbonyl (C=O) groups excluding carboxylic acids is 2. The first-order valence-electron chi connectivity index (χ1n) is 9.79. The molecule has 0 aliphatic rings. The van der Waals surface area contributed by atoms with Gasteiger partial charge in [-0.15, -0.1) is 0 Å². The van der Waals surface area contributed by atoms with E-state index in [1.807, 2.05) is 68.4 Å². The van der Waals surface area contributed by atoms with Gasteiger partial charge in [0.25, 0.3) is 0 Å². The van der Waals surface area contributed by atoms with Gasteiger partial charge >= 0.3 is 0 Å². The van der Waals surface area contributed by atoms with E-state index < -0.39 is 6.04 Å². The van der Waals surface area contributed by atoms with Crippen LogP contribution in [-0.2, 0) is 22.6 Å². The molecule has 0 aliphatic carbocycles. The number of benzene rings is 2. The standard InChI is InChI=1S/C23H29ClN2O2/c1-4-17(2)25-23(28)18(3)26(16-19-10-6-5-7-11-19)22(27)15-14-20-12-8-9-13-21(20)24/h5-13,17-18H,4,14-16H2,1-3H3,(H,25,28)/t17-,18-/m0/s1. The van der Waals surface area contributed by atoms with Crippen LogP contribution in [-0.4, -0.2) is 28.8 Å². The predicted molar refractivity (Wildman–Crippen MR) is 114 cm³/mol. The van der Waals surface area contributed by atoms with Crippen LogP contribution in [0.15, 0.2) is 54.6 Å². The number of nitrogens with one attached hydrogen (secondary N) is 1. The Morgan fingerprint density at radius 2 is 1.68 bits per heavy atom. The van der Waals surface area contributed by atoms with E-state index in [4.69, 9.17) is 11.6 Å². The number of nitrogens with zero attached hydrogens (tertiary/aromatic N) is 1. The normalized spacial score (nSPS) is 12.9. The van der Waals surface area contributed by atoms with Crippen molar-refractivity contribution in [1.29, 1.82) is 0 Å². The highest BCUT2D eigenvalue weighted by Gasteiger charge is 2.26. The molecule has 0 fully saturated rings. The Bertz CT molecular complexity index is 779. The molecule has 0 aliphatic heterocycles. The second-order valence-electron chi connectivity index (χ2n) is 7.09. The zero-order chi connectivity index (χ0) is 20.5. The molecule has 0 saturated heterocycles. The molecule has 1 N–H and O–H groups in total. The smallest absolute Gasteiger partial charge is 0.242 e. The van der Waals surface area contributed by atoms with E-state index in [0.29, 0.717) is 24.4 Å². The molecule has 5 heteroatoms. The average Bonchev–Trinajstić information content (AvgIpc) is 2.71. The molecule has 150 valence electrons. The molecule has 2 aromatic rings. The topological polar surface area (TPSA) is 49.4 Å². The number of amides is 2. The van der Waals surface area contributed by atoms with Crippen LogP contribution in [0.5, 0.6) is 0 Å². The first-order chi connectivity index (χ1) is 13.4. The van der Waals surface area contributed by atoms with E-state index in [-0.39, 0.29) is 17.9 Å². The molecule has 0 aromatic heterocycles. The molecule has 0 saturated carbocycles. The number of hydrogen-bond acceptors (Lipinski definition) is 2. The number of aryl methyl sites for hydroxylation is 1. The minimum atomic E-state index is -0.548. The number of carbonyl (C=O) groups is 2. The van der Waals surface area contributed by atoms with Crippen LogP contribution in [0.25, 0.3) is 0 Å². The van der Waals surface area contributed by atoms with E-state index in [9.17, 15) is 9.59 Å². The molecule has 0 spiro atoms. The lowest BCUT2D eigenvalue weighted by atomic mass is 10.1. The van der Waals surface area contributed by atoms with Gasteiger partial charge in [-0.25, -0.2) is 0 Å². The van der Waals surface area contributed by atoms with Gasteiger partial charge in [-0.2, -0.15) is 0 Å². The summed E-state index contributed by atoms with van der Waals surface area (Å²) in [5, 5.41) is 3.64. The van der Waals surface area contributed by atoms with Crippen LogP contribution in [0.3, 0.4) is 0 Å². The van der Waals surface area contributed by atoms with Crippen molar-refractivity contribution in [2.45, 2.75) is 58.7 Å². The maximum Gasteiger partial charge on any atom is 0.242 e. The lowest BCUT2D eigenvalue weighted by Gasteiger charge is -2.30. The first-order valence-corrected chi connectivity index (χ1v) is 10.2. The second-order valence-corrected chi connectivity index (χ2v) is 7.50. The maximum atomic E-state index is 13.0. The zero-order valence-electron chi connectivity index (χ0n) is 16.8. The molecule has 2 atom stereocenters. The van der Waals surface area contributed by atoms with Crippen molar-refractivity contribution in [3.63, 3.8) is 0 Å². The van der Waals surface area contributed by atoms with Crippen molar-refractivity contribution in [2.75, 3.05) is 0 Å². The quantitative estimate of drug-likeness (QED) is 0.668. The highest BCUT2D eigenvalue weighted by atomic mass is 35.5. The summed E-state index contributed by atoms with van der Waals surface area (Å²) in [6, 6.07) is 16.8. The monoisotopic (exact) mass is 400 g/mol. The van der Waals surface area contributed by atoms with E-state index >= 15 is 0 Å². The van der Waals surface area contributed by atoms with E-state index in [1.165, 1.54) is 0 Å². The third kappa shape index (κ3) is 6.38. The van der Waals surface area contributed by atoms with Crippen molar-refractivity contribution < 1.29 is 9.59 Å². The molecular weight excluding hydrogens is 372 g/mol. The van der Waals surface area contributed by atoms with Gasteiger partial charge in [0.15, 0.2) is 0 Å². The molecule has 2 rings (SSSR count). The van der Waals surface area contributed by atoms with Gasteiger partial charge in [0.1, 0.15) is 6.04 Å². The lowest BCUT2D eigenvalue weighted by molar-refractivity contribution is -0.140. The van der Waals surface area contributed by atoms with Crippen LogP contribution in [0.2, 0.25) is 5.02 Å². The molecule has 2 amide bonds. The van der Waals surface area contributed by atoms with Gasteiger partial charge in [-0.1, -0.05) is 67.1 Å². The third-order valence-corrected chi connectivity index (χ3v) is 5.30. The predicted octanol–water partition coefficient (Wildman–Crippen LogP) is 4.60. The number of halogens is 1. The number of rotatable bonds is 9. The molecule has 2 aromatic carbocycles. The molecule has 28 heavy (non-hydrogen) atoms. The summed E-state index contributed by atoms with van der Waals surface area (Å²) in [6.07, 6.45) is 1.69. The summed E-state index contributed by atoms with van der Waals surface area (Å²) in [4.78, 5) is 27.3. The SMILES string of the molecule is CC[C@H](C)NC(=O)[C@H](C)N(Cc1ccccc1)C(=O)CCc1ccccc1Cl. The first kappa shape index (κ1) is 22.0. The van der Waals surface area contributed by atoms with Crippen LogP contribution in [0.4, 0.5) is 0 Å². The lowest BCUT2D eigenvalue weighted by Crippen LogP contribution is -2.49. The summed E-state index contributed by atoms with van der Waals surface area (Å²) < 4.78 is 0. The second kappa shape index (κ2) is 10.9. The van der Waals surface area contributed by atoms with Crippen LogP contribution in [0, 0.1) is 0 Å². The summed E-state index contributed by atoms with van der Waals surface area (Å²) in [7, 11) is 0. The Kier molecular flexibility index (Phi) is 8.52. The third-order valence-electron chi connectivity index (χ3n) is 4.93. The Labute approximate surface area is 172 Å². The van der Waals surface area contributed by atoms with Crippen molar-refractivity contribution in [1.82, 2.24) is 10.2 Å². The molecule has 0 unspecified atom stereocenters. The van der Waals surface area contributed by atoms with Gasteiger partial charge in [-0.05, 0) is 43.9 Å². The van der Waals surface area contributed by atoms with Gasteiger partial charge in [0, 0.05) is 24.0 Å². The largest absolute Gasteiger partial charge is 0.352 e. The fourth-order valence-corrected chi connectivity index (χ4v) is 3.14. The molecule has 0 bridgehead atoms. The minimum Gasteiger partial charge on any atom is -0.352 e. The van der Waals surface area contributed by atoms with Crippen LogP contribution < -0.4 is 5.32 Å². The fraction of sp³-hybridized carbons (Fsp3) is 0.391. The summed E-state index contributed by atoms with van der Waals surface area (Å²) >= 11 is 6.21. The van der Waals surface area contributed by atoms with Crippen LogP contribution >= 0.6 is 11.6 Å². The Balaban J connectivity index is 2.13. The molecule has 0 heterocycles. The average molecular weight is 401 g/mol. The van der Waals surface area contributed by atoms with Crippen molar-refractivity contribution in [3.05, 3.63) is 70.7 Å². The van der Waals surface area contributed by atoms with Gasteiger partial charge in [0.05, 0.1) is 0 Å². The molecular formula is C23H29ClN2O2. The Morgan fingerprint density at radius 3 is 2.32 bits per heavy atom. The summed E-state index contributed by atoms with van der Waals surface area (Å²) in [5.74, 6) is -0.188. The maximum absolute atomic E-state index is 13.0. The van der Waals surface area contributed by atoms with Crippen molar-refractivity contribution in [3.8, 4) is 0 Å². The summed E-state index contributed by atoms with van der Waals surface area (Å²) in [6.45, 7) is 6.17. The van der Waals surface area contributed by atoms with Crippen LogP contribution in [0.1, 0.15) is 44.7 Å². The van der Waals surface area contributed by atoms with E-state index in [1.54, 1.807) is 11.8 Å². The van der Waals surface area contributed by atoms with Crippen molar-refractivity contribution in [2.24, 2.45) is 0 Å². The van der Waals surface area contributed by atoms with E-state index in [2.05, 4.69) is 5.32 Å². The molecule has 0 radical (unpaired) electrons. The highest BCUT2D eigenvalue weighted by Crippen LogP contribution is 2.18. The van der Waals surface area contributed by atoms with Gasteiger partial charge in [-0.3, -0.25) is 9.59 Å². The van der Waals surface area contributed by atoms with Gasteiger partial charge in [0.2, 0.25) is 11.8 Å². The number of hydrogen-bond donors (Lipinski definition) is 1. The van der Waals surface area contributed by atoms with Crippen molar-refractivity contribution >= 4 is 23.4 Å². The minimum absolute atomic E-state index is 0.0597. The zero-order valence-corrected chi connectivity index (χ0v) is 17.6. The Hall–Kier alpha value is -2.33. The fourth-order valence-electron chi connectivity index (χ4n) is 2.91. The van der Waals surface area contributed by atoms with Gasteiger partial charge < -0.3 is 10.2 Å².